The standard InChI is InChI=1S/C23H22N2O3/c26-22(19-7-3-1-4-8-19)20-13-11-18(12-14-20)17-28-16-15-24-23(27)25-21-9-5-2-6-10-21/h1-14H,15-17H2,(H2,24,25,27). The normalized spacial score (nSPS) is 10.3. The van der Waals surface area contributed by atoms with Gasteiger partial charge in [0, 0.05) is 23.4 Å². The second kappa shape index (κ2) is 10.0. The molecule has 0 aliphatic carbocycles. The molecule has 5 heteroatoms. The maximum Gasteiger partial charge on any atom is 0.319 e. The largest absolute Gasteiger partial charge is 0.375 e. The maximum atomic E-state index is 12.4. The van der Waals surface area contributed by atoms with Crippen LogP contribution in [0.15, 0.2) is 84.9 Å². The lowest BCUT2D eigenvalue weighted by Gasteiger charge is -2.08. The van der Waals surface area contributed by atoms with Crippen LogP contribution in [-0.4, -0.2) is 25.0 Å². The van der Waals surface area contributed by atoms with Crippen molar-refractivity contribution in [3.63, 3.8) is 0 Å². The summed E-state index contributed by atoms with van der Waals surface area (Å²) in [5, 5.41) is 5.48. The monoisotopic (exact) mass is 374 g/mol. The minimum absolute atomic E-state index is 0.00157. The second-order valence-corrected chi connectivity index (χ2v) is 6.19. The Morgan fingerprint density at radius 2 is 1.36 bits per heavy atom. The van der Waals surface area contributed by atoms with E-state index in [0.29, 0.717) is 30.9 Å². The molecule has 142 valence electrons. The summed E-state index contributed by atoms with van der Waals surface area (Å²) in [5.41, 5.74) is 3.03. The molecule has 2 N–H and O–H groups in total. The van der Waals surface area contributed by atoms with E-state index in [1.54, 1.807) is 24.3 Å². The topological polar surface area (TPSA) is 67.4 Å². The molecular formula is C23H22N2O3. The molecule has 3 aromatic carbocycles. The summed E-state index contributed by atoms with van der Waals surface area (Å²) in [6.07, 6.45) is 0. The first-order chi connectivity index (χ1) is 13.7. The maximum absolute atomic E-state index is 12.4. The molecule has 0 spiro atoms. The minimum Gasteiger partial charge on any atom is -0.375 e. The van der Waals surface area contributed by atoms with Gasteiger partial charge in [-0.25, -0.2) is 4.79 Å². The van der Waals surface area contributed by atoms with Crippen molar-refractivity contribution in [2.75, 3.05) is 18.5 Å². The zero-order valence-corrected chi connectivity index (χ0v) is 15.4. The molecule has 0 unspecified atom stereocenters. The van der Waals surface area contributed by atoms with E-state index in [4.69, 9.17) is 4.74 Å². The van der Waals surface area contributed by atoms with Crippen LogP contribution in [0.25, 0.3) is 0 Å². The number of amides is 2. The molecule has 3 aromatic rings. The van der Waals surface area contributed by atoms with Crippen LogP contribution in [0.5, 0.6) is 0 Å². The number of para-hydroxylation sites is 1. The highest BCUT2D eigenvalue weighted by Gasteiger charge is 2.08. The van der Waals surface area contributed by atoms with Gasteiger partial charge in [-0.2, -0.15) is 0 Å². The van der Waals surface area contributed by atoms with Crippen molar-refractivity contribution in [1.82, 2.24) is 5.32 Å². The van der Waals surface area contributed by atoms with Gasteiger partial charge in [0.15, 0.2) is 5.78 Å². The van der Waals surface area contributed by atoms with Crippen molar-refractivity contribution in [3.05, 3.63) is 102 Å². The molecule has 0 aliphatic heterocycles. The molecule has 28 heavy (non-hydrogen) atoms. The lowest BCUT2D eigenvalue weighted by atomic mass is 10.0. The molecule has 0 saturated heterocycles. The van der Waals surface area contributed by atoms with Gasteiger partial charge in [-0.1, -0.05) is 72.8 Å². The molecule has 0 aromatic heterocycles. The summed E-state index contributed by atoms with van der Waals surface area (Å²) < 4.78 is 5.58. The summed E-state index contributed by atoms with van der Waals surface area (Å²) in [7, 11) is 0. The van der Waals surface area contributed by atoms with Crippen molar-refractivity contribution in [2.45, 2.75) is 6.61 Å². The van der Waals surface area contributed by atoms with Crippen LogP contribution >= 0.6 is 0 Å². The molecule has 3 rings (SSSR count). The summed E-state index contributed by atoms with van der Waals surface area (Å²) in [6, 6.07) is 25.6. The molecule has 0 radical (unpaired) electrons. The number of anilines is 1. The number of carbonyl (C=O) groups is 2. The molecule has 5 nitrogen and oxygen atoms in total. The van der Waals surface area contributed by atoms with Crippen LogP contribution in [0.3, 0.4) is 0 Å². The zero-order valence-electron chi connectivity index (χ0n) is 15.4. The van der Waals surface area contributed by atoms with E-state index >= 15 is 0 Å². The van der Waals surface area contributed by atoms with Gasteiger partial charge < -0.3 is 15.4 Å². The quantitative estimate of drug-likeness (QED) is 0.457. The fourth-order valence-electron chi connectivity index (χ4n) is 2.63. The van der Waals surface area contributed by atoms with Gasteiger partial charge in [0.05, 0.1) is 13.2 Å². The predicted molar refractivity (Wildman–Crippen MR) is 109 cm³/mol. The van der Waals surface area contributed by atoms with Crippen LogP contribution in [0.2, 0.25) is 0 Å². The van der Waals surface area contributed by atoms with Crippen LogP contribution < -0.4 is 10.6 Å². The number of nitrogens with one attached hydrogen (secondary N) is 2. The number of carbonyl (C=O) groups excluding carboxylic acids is 2. The van der Waals surface area contributed by atoms with Gasteiger partial charge in [0.25, 0.3) is 0 Å². The molecule has 0 fully saturated rings. The number of urea groups is 1. The smallest absolute Gasteiger partial charge is 0.319 e. The minimum atomic E-state index is -0.265. The lowest BCUT2D eigenvalue weighted by molar-refractivity contribution is 0.103. The van der Waals surface area contributed by atoms with Crippen LogP contribution in [0, 0.1) is 0 Å². The fourth-order valence-corrected chi connectivity index (χ4v) is 2.63. The van der Waals surface area contributed by atoms with Crippen LogP contribution in [0.1, 0.15) is 21.5 Å². The molecule has 0 heterocycles. The third-order valence-electron chi connectivity index (χ3n) is 4.08. The number of ketones is 1. The lowest BCUT2D eigenvalue weighted by Crippen LogP contribution is -2.31. The van der Waals surface area contributed by atoms with Gasteiger partial charge >= 0.3 is 6.03 Å². The first-order valence-electron chi connectivity index (χ1n) is 9.09. The van der Waals surface area contributed by atoms with Crippen molar-refractivity contribution in [3.8, 4) is 0 Å². The Labute approximate surface area is 164 Å². The van der Waals surface area contributed by atoms with Crippen molar-refractivity contribution >= 4 is 17.5 Å². The number of hydrogen-bond donors (Lipinski definition) is 2. The van der Waals surface area contributed by atoms with Gasteiger partial charge in [0.1, 0.15) is 0 Å². The van der Waals surface area contributed by atoms with Gasteiger partial charge in [0.2, 0.25) is 0 Å². The SMILES string of the molecule is O=C(NCCOCc1ccc(C(=O)c2ccccc2)cc1)Nc1ccccc1. The van der Waals surface area contributed by atoms with E-state index in [2.05, 4.69) is 10.6 Å². The van der Waals surface area contributed by atoms with E-state index in [1.807, 2.05) is 60.7 Å². The van der Waals surface area contributed by atoms with Crippen molar-refractivity contribution < 1.29 is 14.3 Å². The van der Waals surface area contributed by atoms with E-state index in [9.17, 15) is 9.59 Å². The third-order valence-corrected chi connectivity index (χ3v) is 4.08. The zero-order chi connectivity index (χ0) is 19.6. The van der Waals surface area contributed by atoms with E-state index < -0.39 is 0 Å². The first kappa shape index (κ1) is 19.3. The summed E-state index contributed by atoms with van der Waals surface area (Å²) >= 11 is 0. The van der Waals surface area contributed by atoms with Crippen molar-refractivity contribution in [1.29, 1.82) is 0 Å². The van der Waals surface area contributed by atoms with Gasteiger partial charge in [-0.15, -0.1) is 0 Å². The Hall–Kier alpha value is -3.44. The second-order valence-electron chi connectivity index (χ2n) is 6.19. The highest BCUT2D eigenvalue weighted by Crippen LogP contribution is 2.11. The average Bonchev–Trinajstić information content (AvgIpc) is 2.75. The van der Waals surface area contributed by atoms with Crippen LogP contribution in [0.4, 0.5) is 10.5 Å². The van der Waals surface area contributed by atoms with Gasteiger partial charge in [-0.05, 0) is 17.7 Å². The van der Waals surface area contributed by atoms with Crippen LogP contribution in [-0.2, 0) is 11.3 Å². The van der Waals surface area contributed by atoms with E-state index in [-0.39, 0.29) is 11.8 Å². The number of benzene rings is 3. The number of rotatable bonds is 8. The third kappa shape index (κ3) is 5.79. The Balaban J connectivity index is 1.37. The molecular weight excluding hydrogens is 352 g/mol. The summed E-state index contributed by atoms with van der Waals surface area (Å²) in [5.74, 6) is 0.00157. The molecule has 0 bridgehead atoms. The molecule has 0 saturated carbocycles. The number of hydrogen-bond acceptors (Lipinski definition) is 3. The Bertz CT molecular complexity index is 894. The highest BCUT2D eigenvalue weighted by atomic mass is 16.5. The first-order valence-corrected chi connectivity index (χ1v) is 9.09. The fraction of sp³-hybridized carbons (Fsp3) is 0.130. The van der Waals surface area contributed by atoms with E-state index in [0.717, 1.165) is 11.3 Å². The predicted octanol–water partition coefficient (Wildman–Crippen LogP) is 4.26. The van der Waals surface area contributed by atoms with E-state index in [1.165, 1.54) is 0 Å². The van der Waals surface area contributed by atoms with Crippen molar-refractivity contribution in [2.24, 2.45) is 0 Å². The Morgan fingerprint density at radius 3 is 2.04 bits per heavy atom. The summed E-state index contributed by atoms with van der Waals surface area (Å²) in [4.78, 5) is 24.1. The highest BCUT2D eigenvalue weighted by molar-refractivity contribution is 6.08. The molecule has 0 aliphatic rings. The average molecular weight is 374 g/mol. The van der Waals surface area contributed by atoms with Gasteiger partial charge in [-0.3, -0.25) is 4.79 Å². The Kier molecular flexibility index (Phi) is 6.93. The Morgan fingerprint density at radius 1 is 0.750 bits per heavy atom. The number of ether oxygens (including phenoxy) is 1. The summed E-state index contributed by atoms with van der Waals surface area (Å²) in [6.45, 7) is 1.22. The molecule has 2 amide bonds. The molecule has 0 atom stereocenters.